The first-order valence-corrected chi connectivity index (χ1v) is 10.0. The second-order valence-corrected chi connectivity index (χ2v) is 8.28. The number of aryl methyl sites for hydroxylation is 1. The predicted molar refractivity (Wildman–Crippen MR) is 116 cm³/mol. The van der Waals surface area contributed by atoms with Crippen LogP contribution in [0.5, 0.6) is 0 Å². The average molecular weight is 393 g/mol. The highest BCUT2D eigenvalue weighted by atomic mass is 16.2. The number of para-hydroxylation sites is 1. The zero-order valence-electron chi connectivity index (χ0n) is 17.5. The van der Waals surface area contributed by atoms with Gasteiger partial charge in [0.15, 0.2) is 0 Å². The number of nitrogens with two attached hydrogens (primary N) is 1. The number of benzene rings is 1. The molecule has 152 valence electrons. The van der Waals surface area contributed by atoms with Crippen LogP contribution in [0.15, 0.2) is 30.6 Å². The van der Waals surface area contributed by atoms with Gasteiger partial charge in [0.05, 0.1) is 27.8 Å². The number of hydrogen-bond donors (Lipinski definition) is 2. The molecule has 0 spiro atoms. The zero-order chi connectivity index (χ0) is 20.8. The number of fused-ring (bicyclic) bond motifs is 1. The van der Waals surface area contributed by atoms with E-state index >= 15 is 0 Å². The number of carbonyl (C=O) groups excluding carboxylic acids is 1. The van der Waals surface area contributed by atoms with Gasteiger partial charge in [-0.1, -0.05) is 12.1 Å². The minimum absolute atomic E-state index is 0.0465. The molecule has 1 atom stereocenters. The summed E-state index contributed by atoms with van der Waals surface area (Å²) >= 11 is 0. The lowest BCUT2D eigenvalue weighted by molar-refractivity contribution is 0.0802. The van der Waals surface area contributed by atoms with Gasteiger partial charge in [-0.3, -0.25) is 9.78 Å². The van der Waals surface area contributed by atoms with E-state index in [-0.39, 0.29) is 11.4 Å². The van der Waals surface area contributed by atoms with Crippen molar-refractivity contribution in [2.45, 2.75) is 32.7 Å². The number of hydrogen-bond acceptors (Lipinski definition) is 5. The van der Waals surface area contributed by atoms with Crippen LogP contribution >= 0.6 is 0 Å². The van der Waals surface area contributed by atoms with Crippen molar-refractivity contribution in [1.82, 2.24) is 19.9 Å². The fourth-order valence-electron chi connectivity index (χ4n) is 3.95. The summed E-state index contributed by atoms with van der Waals surface area (Å²) < 4.78 is 0. The van der Waals surface area contributed by atoms with Crippen molar-refractivity contribution in [2.75, 3.05) is 31.6 Å². The summed E-state index contributed by atoms with van der Waals surface area (Å²) in [6, 6.07) is 6.07. The highest BCUT2D eigenvalue weighted by molar-refractivity contribution is 6.03. The number of carbonyl (C=O) groups is 1. The average Bonchev–Trinajstić information content (AvgIpc) is 3.30. The summed E-state index contributed by atoms with van der Waals surface area (Å²) in [6.07, 6.45) is 4.32. The molecule has 3 N–H and O–H groups in total. The molecule has 0 radical (unpaired) electrons. The van der Waals surface area contributed by atoms with Crippen LogP contribution in [-0.2, 0) is 0 Å². The van der Waals surface area contributed by atoms with Gasteiger partial charge in [-0.25, -0.2) is 4.98 Å². The molecule has 3 aromatic rings. The third-order valence-electron chi connectivity index (χ3n) is 5.76. The van der Waals surface area contributed by atoms with Crippen molar-refractivity contribution in [3.8, 4) is 11.4 Å². The van der Waals surface area contributed by atoms with Gasteiger partial charge in [0, 0.05) is 44.6 Å². The molecule has 0 saturated carbocycles. The number of amides is 1. The van der Waals surface area contributed by atoms with Crippen LogP contribution in [0.4, 0.5) is 5.69 Å². The first kappa shape index (κ1) is 19.4. The molecule has 1 fully saturated rings. The Labute approximate surface area is 170 Å². The fraction of sp³-hybridized carbons (Fsp3) is 0.409. The molecule has 7 nitrogen and oxygen atoms in total. The molecule has 0 bridgehead atoms. The minimum atomic E-state index is -0.290. The van der Waals surface area contributed by atoms with Crippen molar-refractivity contribution >= 4 is 22.6 Å². The Bertz CT molecular complexity index is 1070. The van der Waals surface area contributed by atoms with Crippen LogP contribution in [0, 0.1) is 6.92 Å². The number of pyridine rings is 1. The molecule has 1 aliphatic heterocycles. The maximum absolute atomic E-state index is 13.1. The van der Waals surface area contributed by atoms with Gasteiger partial charge in [0.25, 0.3) is 5.91 Å². The van der Waals surface area contributed by atoms with Crippen LogP contribution in [0.25, 0.3) is 22.4 Å². The third-order valence-corrected chi connectivity index (χ3v) is 5.76. The minimum Gasteiger partial charge on any atom is -0.368 e. The number of H-pyrrole nitrogens is 1. The van der Waals surface area contributed by atoms with Crippen LogP contribution in [0.1, 0.15) is 36.2 Å². The maximum Gasteiger partial charge on any atom is 0.257 e. The van der Waals surface area contributed by atoms with Gasteiger partial charge in [-0.05, 0) is 38.8 Å². The Morgan fingerprint density at radius 2 is 2.17 bits per heavy atom. The molecular weight excluding hydrogens is 364 g/mol. The van der Waals surface area contributed by atoms with Crippen molar-refractivity contribution in [3.05, 3.63) is 41.7 Å². The number of nitrogens with zero attached hydrogens (tertiary/aromatic N) is 4. The Morgan fingerprint density at radius 1 is 1.38 bits per heavy atom. The first-order chi connectivity index (χ1) is 13.8. The van der Waals surface area contributed by atoms with Crippen molar-refractivity contribution < 1.29 is 4.79 Å². The quantitative estimate of drug-likeness (QED) is 0.712. The Morgan fingerprint density at radius 3 is 2.83 bits per heavy atom. The number of anilines is 1. The molecule has 1 aromatic carbocycles. The number of aromatic nitrogens is 3. The van der Waals surface area contributed by atoms with Crippen molar-refractivity contribution in [1.29, 1.82) is 0 Å². The number of rotatable bonds is 4. The van der Waals surface area contributed by atoms with Gasteiger partial charge in [0.1, 0.15) is 5.82 Å². The smallest absolute Gasteiger partial charge is 0.257 e. The molecule has 2 aromatic heterocycles. The van der Waals surface area contributed by atoms with E-state index < -0.39 is 0 Å². The van der Waals surface area contributed by atoms with E-state index in [2.05, 4.69) is 21.8 Å². The lowest BCUT2D eigenvalue weighted by atomic mass is 10.0. The summed E-state index contributed by atoms with van der Waals surface area (Å²) in [5.74, 6) is 0.672. The standard InChI is InChI=1S/C22H28N6O/c1-5-27(4)21(29)16-12-24-11-15(19(16)28-10-9-22(3,23)13-28)20-25-17-8-6-7-14(2)18(17)26-20/h6-8,11-12H,5,9-10,13,23H2,1-4H3,(H,25,26)/t22-/m0/s1. The molecule has 1 aliphatic rings. The molecule has 4 rings (SSSR count). The first-order valence-electron chi connectivity index (χ1n) is 10.0. The normalized spacial score (nSPS) is 19.1. The van der Waals surface area contributed by atoms with Crippen LogP contribution in [0.3, 0.4) is 0 Å². The second kappa shape index (κ2) is 7.15. The van der Waals surface area contributed by atoms with E-state index in [4.69, 9.17) is 10.7 Å². The Kier molecular flexibility index (Phi) is 4.78. The highest BCUT2D eigenvalue weighted by Crippen LogP contribution is 2.37. The van der Waals surface area contributed by atoms with Gasteiger partial charge < -0.3 is 20.5 Å². The molecule has 1 saturated heterocycles. The van der Waals surface area contributed by atoms with Crippen molar-refractivity contribution in [3.63, 3.8) is 0 Å². The molecule has 7 heteroatoms. The number of imidazole rings is 1. The molecule has 1 amide bonds. The van der Waals surface area contributed by atoms with Gasteiger partial charge in [-0.15, -0.1) is 0 Å². The van der Waals surface area contributed by atoms with E-state index in [1.165, 1.54) is 0 Å². The van der Waals surface area contributed by atoms with E-state index in [9.17, 15) is 4.79 Å². The second-order valence-electron chi connectivity index (χ2n) is 8.28. The van der Waals surface area contributed by atoms with Crippen molar-refractivity contribution in [2.24, 2.45) is 5.73 Å². The Hall–Kier alpha value is -2.93. The summed E-state index contributed by atoms with van der Waals surface area (Å²) in [6.45, 7) is 8.16. The lowest BCUT2D eigenvalue weighted by Crippen LogP contribution is -2.39. The third kappa shape index (κ3) is 3.46. The van der Waals surface area contributed by atoms with E-state index in [0.29, 0.717) is 18.7 Å². The molecule has 0 unspecified atom stereocenters. The van der Waals surface area contributed by atoms with Gasteiger partial charge >= 0.3 is 0 Å². The largest absolute Gasteiger partial charge is 0.368 e. The molecular formula is C22H28N6O. The van der Waals surface area contributed by atoms with Gasteiger partial charge in [-0.2, -0.15) is 0 Å². The number of nitrogens with one attached hydrogen (secondary N) is 1. The summed E-state index contributed by atoms with van der Waals surface area (Å²) in [5, 5.41) is 0. The predicted octanol–water partition coefficient (Wildman–Crippen LogP) is 2.95. The Balaban J connectivity index is 1.91. The van der Waals surface area contributed by atoms with Crippen LogP contribution < -0.4 is 10.6 Å². The SMILES string of the molecule is CCN(C)C(=O)c1cncc(-c2nc3c(C)cccc3[nH]2)c1N1CC[C@](C)(N)C1. The summed E-state index contributed by atoms with van der Waals surface area (Å²) in [4.78, 5) is 29.7. The highest BCUT2D eigenvalue weighted by Gasteiger charge is 2.34. The molecule has 0 aliphatic carbocycles. The van der Waals surface area contributed by atoms with E-state index in [1.54, 1.807) is 24.3 Å². The maximum atomic E-state index is 13.1. The topological polar surface area (TPSA) is 91.1 Å². The van der Waals surface area contributed by atoms with E-state index in [1.807, 2.05) is 32.0 Å². The zero-order valence-corrected chi connectivity index (χ0v) is 17.5. The van der Waals surface area contributed by atoms with Crippen LogP contribution in [0.2, 0.25) is 0 Å². The number of aromatic amines is 1. The lowest BCUT2D eigenvalue weighted by Gasteiger charge is -2.27. The fourth-order valence-corrected chi connectivity index (χ4v) is 3.95. The summed E-state index contributed by atoms with van der Waals surface area (Å²) in [5.41, 5.74) is 11.4. The van der Waals surface area contributed by atoms with Gasteiger partial charge in [0.2, 0.25) is 0 Å². The summed E-state index contributed by atoms with van der Waals surface area (Å²) in [7, 11) is 1.81. The molecule has 3 heterocycles. The van der Waals surface area contributed by atoms with E-state index in [0.717, 1.165) is 46.6 Å². The van der Waals surface area contributed by atoms with Crippen LogP contribution in [-0.4, -0.2) is 58.0 Å². The molecule has 29 heavy (non-hydrogen) atoms. The monoisotopic (exact) mass is 392 g/mol.